The minimum absolute atomic E-state index is 0.307. The van der Waals surface area contributed by atoms with Crippen LogP contribution in [-0.2, 0) is 0 Å². The minimum atomic E-state index is -0.638. The normalized spacial score (nSPS) is 21.6. The predicted octanol–water partition coefficient (Wildman–Crippen LogP) is 4.15. The van der Waals surface area contributed by atoms with Crippen LogP contribution in [0.1, 0.15) is 29.8 Å². The van der Waals surface area contributed by atoms with Gasteiger partial charge in [0.2, 0.25) is 0 Å². The quantitative estimate of drug-likeness (QED) is 0.854. The molecular weight excluding hydrogens is 311 g/mol. The van der Waals surface area contributed by atoms with E-state index in [4.69, 9.17) is 4.74 Å². The summed E-state index contributed by atoms with van der Waals surface area (Å²) < 4.78 is 20.5. The van der Waals surface area contributed by atoms with Crippen LogP contribution in [0.25, 0.3) is 0 Å². The van der Waals surface area contributed by atoms with Crippen molar-refractivity contribution in [1.29, 1.82) is 0 Å². The van der Waals surface area contributed by atoms with Gasteiger partial charge in [-0.2, -0.15) is 0 Å². The van der Waals surface area contributed by atoms with Crippen molar-refractivity contribution in [2.45, 2.75) is 18.6 Å². The molecule has 1 N–H and O–H groups in total. The van der Waals surface area contributed by atoms with E-state index in [0.29, 0.717) is 17.7 Å². The summed E-state index contributed by atoms with van der Waals surface area (Å²) in [5.74, 6) is 0.291. The molecule has 2 aromatic carbocycles. The molecular formula is C15H12BrFO2. The molecule has 1 heterocycles. The Hall–Kier alpha value is -1.39. The van der Waals surface area contributed by atoms with Crippen LogP contribution in [0, 0.1) is 5.82 Å². The molecule has 2 nitrogen and oxygen atoms in total. The van der Waals surface area contributed by atoms with Gasteiger partial charge in [0.25, 0.3) is 0 Å². The number of aliphatic hydroxyl groups excluding tert-OH is 1. The summed E-state index contributed by atoms with van der Waals surface area (Å²) in [6, 6.07) is 12.0. The number of hydrogen-bond donors (Lipinski definition) is 1. The fraction of sp³-hybridized carbons (Fsp3) is 0.200. The lowest BCUT2D eigenvalue weighted by Crippen LogP contribution is -2.19. The van der Waals surface area contributed by atoms with E-state index in [-0.39, 0.29) is 5.82 Å². The molecule has 1 aliphatic rings. The van der Waals surface area contributed by atoms with Crippen molar-refractivity contribution in [1.82, 2.24) is 0 Å². The molecule has 0 radical (unpaired) electrons. The van der Waals surface area contributed by atoms with Crippen LogP contribution in [0.2, 0.25) is 0 Å². The highest BCUT2D eigenvalue weighted by atomic mass is 79.9. The Labute approximate surface area is 119 Å². The second-order valence-corrected chi connectivity index (χ2v) is 5.48. The highest BCUT2D eigenvalue weighted by Crippen LogP contribution is 2.42. The number of ether oxygens (including phenoxy) is 1. The molecule has 0 fully saturated rings. The summed E-state index contributed by atoms with van der Waals surface area (Å²) in [6.45, 7) is 0. The van der Waals surface area contributed by atoms with Gasteiger partial charge in [0.15, 0.2) is 0 Å². The average Bonchev–Trinajstić information content (AvgIpc) is 2.38. The van der Waals surface area contributed by atoms with Gasteiger partial charge in [0.05, 0.1) is 6.10 Å². The van der Waals surface area contributed by atoms with Crippen molar-refractivity contribution >= 4 is 15.9 Å². The fourth-order valence-electron chi connectivity index (χ4n) is 2.34. The lowest BCUT2D eigenvalue weighted by molar-refractivity contribution is 0.0639. The van der Waals surface area contributed by atoms with Gasteiger partial charge in [-0.3, -0.25) is 0 Å². The predicted molar refractivity (Wildman–Crippen MR) is 73.5 cm³/mol. The Kier molecular flexibility index (Phi) is 3.29. The summed E-state index contributed by atoms with van der Waals surface area (Å²) >= 11 is 3.37. The smallest absolute Gasteiger partial charge is 0.130 e. The molecule has 0 amide bonds. The van der Waals surface area contributed by atoms with Gasteiger partial charge in [0, 0.05) is 22.0 Å². The van der Waals surface area contributed by atoms with Gasteiger partial charge >= 0.3 is 0 Å². The van der Waals surface area contributed by atoms with E-state index < -0.39 is 12.2 Å². The van der Waals surface area contributed by atoms with Crippen molar-refractivity contribution in [2.75, 3.05) is 0 Å². The molecule has 3 rings (SSSR count). The highest BCUT2D eigenvalue weighted by molar-refractivity contribution is 9.10. The maximum atomic E-state index is 13.8. The van der Waals surface area contributed by atoms with Crippen molar-refractivity contribution in [2.24, 2.45) is 0 Å². The van der Waals surface area contributed by atoms with Crippen LogP contribution in [-0.4, -0.2) is 5.11 Å². The Morgan fingerprint density at radius 1 is 1.16 bits per heavy atom. The van der Waals surface area contributed by atoms with Gasteiger partial charge in [-0.15, -0.1) is 0 Å². The summed E-state index contributed by atoms with van der Waals surface area (Å²) in [5, 5.41) is 10.2. The van der Waals surface area contributed by atoms with E-state index in [0.717, 1.165) is 10.0 Å². The first-order valence-corrected chi connectivity index (χ1v) is 6.83. The number of halogens is 2. The Balaban J connectivity index is 1.99. The second kappa shape index (κ2) is 4.94. The maximum Gasteiger partial charge on any atom is 0.130 e. The molecule has 0 aliphatic carbocycles. The molecule has 0 bridgehead atoms. The van der Waals surface area contributed by atoms with Crippen LogP contribution in [0.5, 0.6) is 5.75 Å². The number of aliphatic hydroxyl groups is 1. The summed E-state index contributed by atoms with van der Waals surface area (Å²) in [7, 11) is 0. The van der Waals surface area contributed by atoms with Crippen LogP contribution >= 0.6 is 15.9 Å². The van der Waals surface area contributed by atoms with E-state index in [1.165, 1.54) is 6.07 Å². The molecule has 0 spiro atoms. The first kappa shape index (κ1) is 12.6. The lowest BCUT2D eigenvalue weighted by Gasteiger charge is -2.30. The first-order valence-electron chi connectivity index (χ1n) is 6.04. The van der Waals surface area contributed by atoms with E-state index in [9.17, 15) is 9.50 Å². The van der Waals surface area contributed by atoms with Gasteiger partial charge in [-0.25, -0.2) is 4.39 Å². The van der Waals surface area contributed by atoms with E-state index in [2.05, 4.69) is 15.9 Å². The molecule has 98 valence electrons. The monoisotopic (exact) mass is 322 g/mol. The molecule has 2 unspecified atom stereocenters. The number of fused-ring (bicyclic) bond motifs is 1. The Morgan fingerprint density at radius 3 is 2.74 bits per heavy atom. The zero-order valence-electron chi connectivity index (χ0n) is 10.0. The van der Waals surface area contributed by atoms with Gasteiger partial charge in [-0.1, -0.05) is 40.2 Å². The second-order valence-electron chi connectivity index (χ2n) is 4.56. The van der Waals surface area contributed by atoms with Gasteiger partial charge in [0.1, 0.15) is 17.7 Å². The molecule has 2 atom stereocenters. The molecule has 0 saturated carbocycles. The van der Waals surface area contributed by atoms with Gasteiger partial charge in [-0.05, 0) is 18.2 Å². The number of rotatable bonds is 1. The maximum absolute atomic E-state index is 13.8. The van der Waals surface area contributed by atoms with Crippen molar-refractivity contribution in [3.63, 3.8) is 0 Å². The van der Waals surface area contributed by atoms with Crippen LogP contribution in [0.3, 0.4) is 0 Å². The van der Waals surface area contributed by atoms with Crippen LogP contribution in [0.4, 0.5) is 4.39 Å². The average molecular weight is 323 g/mol. The van der Waals surface area contributed by atoms with Crippen molar-refractivity contribution in [3.8, 4) is 5.75 Å². The number of hydrogen-bond acceptors (Lipinski definition) is 2. The Bertz CT molecular complexity index is 615. The van der Waals surface area contributed by atoms with Crippen molar-refractivity contribution < 1.29 is 14.2 Å². The molecule has 1 aliphatic heterocycles. The SMILES string of the molecule is OC1CC(c2ccccc2F)Oc2cc(Br)ccc21. The third-order valence-corrected chi connectivity index (χ3v) is 3.79. The highest BCUT2D eigenvalue weighted by Gasteiger charge is 2.29. The summed E-state index contributed by atoms with van der Waals surface area (Å²) in [5.41, 5.74) is 1.22. The zero-order valence-corrected chi connectivity index (χ0v) is 11.6. The third kappa shape index (κ3) is 2.38. The summed E-state index contributed by atoms with van der Waals surface area (Å²) in [6.07, 6.45) is -0.741. The summed E-state index contributed by atoms with van der Waals surface area (Å²) in [4.78, 5) is 0. The molecule has 19 heavy (non-hydrogen) atoms. The molecule has 4 heteroatoms. The standard InChI is InChI=1S/C15H12BrFO2/c16-9-5-6-11-13(18)8-15(19-14(11)7-9)10-3-1-2-4-12(10)17/h1-7,13,15,18H,8H2. The van der Waals surface area contributed by atoms with Crippen LogP contribution in [0.15, 0.2) is 46.9 Å². The largest absolute Gasteiger partial charge is 0.485 e. The van der Waals surface area contributed by atoms with Crippen molar-refractivity contribution in [3.05, 3.63) is 63.9 Å². The zero-order chi connectivity index (χ0) is 13.4. The number of benzene rings is 2. The van der Waals surface area contributed by atoms with E-state index in [1.54, 1.807) is 24.3 Å². The molecule has 2 aromatic rings. The minimum Gasteiger partial charge on any atom is -0.485 e. The lowest BCUT2D eigenvalue weighted by atomic mass is 9.95. The van der Waals surface area contributed by atoms with E-state index >= 15 is 0 Å². The Morgan fingerprint density at radius 2 is 1.95 bits per heavy atom. The first-order chi connectivity index (χ1) is 9.15. The fourth-order valence-corrected chi connectivity index (χ4v) is 2.68. The topological polar surface area (TPSA) is 29.5 Å². The van der Waals surface area contributed by atoms with Gasteiger partial charge < -0.3 is 9.84 Å². The van der Waals surface area contributed by atoms with Crippen LogP contribution < -0.4 is 4.74 Å². The third-order valence-electron chi connectivity index (χ3n) is 3.29. The molecule has 0 saturated heterocycles. The van der Waals surface area contributed by atoms with E-state index in [1.807, 2.05) is 12.1 Å². The molecule has 0 aromatic heterocycles.